The first kappa shape index (κ1) is 14.5. The molecule has 5 nitrogen and oxygen atoms in total. The number of benzene rings is 1. The molecule has 0 aliphatic rings. The lowest BCUT2D eigenvalue weighted by atomic mass is 10.3. The van der Waals surface area contributed by atoms with Crippen molar-refractivity contribution in [2.75, 3.05) is 19.0 Å². The molecule has 0 aliphatic carbocycles. The van der Waals surface area contributed by atoms with Crippen LogP contribution in [0.1, 0.15) is 0 Å². The molecule has 2 amide bonds. The zero-order valence-electron chi connectivity index (χ0n) is 9.77. The highest BCUT2D eigenvalue weighted by Crippen LogP contribution is 2.16. The van der Waals surface area contributed by atoms with Crippen molar-refractivity contribution in [2.45, 2.75) is 0 Å². The van der Waals surface area contributed by atoms with E-state index >= 15 is 0 Å². The minimum Gasteiger partial charge on any atom is -0.466 e. The van der Waals surface area contributed by atoms with Gasteiger partial charge >= 0.3 is 12.0 Å². The molecule has 0 unspecified atom stereocenters. The summed E-state index contributed by atoms with van der Waals surface area (Å²) in [5, 5.41) is 5.29. The van der Waals surface area contributed by atoms with Gasteiger partial charge in [-0.1, -0.05) is 18.2 Å². The summed E-state index contributed by atoms with van der Waals surface area (Å²) in [4.78, 5) is 22.3. The van der Waals surface area contributed by atoms with Crippen LogP contribution in [0, 0.1) is 3.57 Å². The smallest absolute Gasteiger partial charge is 0.330 e. The van der Waals surface area contributed by atoms with Gasteiger partial charge in [0.1, 0.15) is 0 Å². The Morgan fingerprint density at radius 2 is 2.11 bits per heavy atom. The summed E-state index contributed by atoms with van der Waals surface area (Å²) < 4.78 is 5.37. The van der Waals surface area contributed by atoms with E-state index in [1.807, 2.05) is 24.3 Å². The van der Waals surface area contributed by atoms with Crippen LogP contribution in [0.4, 0.5) is 10.5 Å². The van der Waals surface area contributed by atoms with Crippen LogP contribution >= 0.6 is 22.6 Å². The number of hydrogen-bond donors (Lipinski definition) is 2. The normalized spacial score (nSPS) is 10.1. The molecule has 0 radical (unpaired) electrons. The van der Waals surface area contributed by atoms with Crippen molar-refractivity contribution in [1.29, 1.82) is 0 Å². The molecular formula is C12H13IN2O3. The molecule has 0 saturated heterocycles. The number of halogens is 1. The maximum absolute atomic E-state index is 11.5. The first-order chi connectivity index (χ1) is 8.63. The molecule has 6 heteroatoms. The van der Waals surface area contributed by atoms with E-state index in [9.17, 15) is 9.59 Å². The maximum atomic E-state index is 11.5. The van der Waals surface area contributed by atoms with Crippen LogP contribution in [-0.4, -0.2) is 25.7 Å². The molecular weight excluding hydrogens is 347 g/mol. The fourth-order valence-electron chi connectivity index (χ4n) is 1.10. The third kappa shape index (κ3) is 5.17. The van der Waals surface area contributed by atoms with E-state index < -0.39 is 5.97 Å². The first-order valence-electron chi connectivity index (χ1n) is 5.17. The lowest BCUT2D eigenvalue weighted by Gasteiger charge is -2.07. The lowest BCUT2D eigenvalue weighted by molar-refractivity contribution is -0.134. The van der Waals surface area contributed by atoms with Crippen molar-refractivity contribution in [3.63, 3.8) is 0 Å². The summed E-state index contributed by atoms with van der Waals surface area (Å²) in [6.45, 7) is 0.254. The second kappa shape index (κ2) is 7.70. The second-order valence-electron chi connectivity index (χ2n) is 3.24. The molecule has 1 aromatic carbocycles. The molecule has 0 aliphatic heterocycles. The number of para-hydroxylation sites is 1. The molecule has 0 heterocycles. The van der Waals surface area contributed by atoms with Crippen LogP contribution in [0.25, 0.3) is 0 Å². The average Bonchev–Trinajstić information content (AvgIpc) is 2.37. The Bertz CT molecular complexity index is 460. The van der Waals surface area contributed by atoms with E-state index in [4.69, 9.17) is 0 Å². The highest BCUT2D eigenvalue weighted by molar-refractivity contribution is 14.1. The first-order valence-corrected chi connectivity index (χ1v) is 6.25. The van der Waals surface area contributed by atoms with Crippen LogP contribution in [0.15, 0.2) is 36.4 Å². The maximum Gasteiger partial charge on any atom is 0.330 e. The Labute approximate surface area is 119 Å². The molecule has 0 saturated carbocycles. The Morgan fingerprint density at radius 3 is 2.78 bits per heavy atom. The molecule has 0 aromatic heterocycles. The molecule has 2 N–H and O–H groups in total. The zero-order valence-corrected chi connectivity index (χ0v) is 11.9. The minimum atomic E-state index is -0.449. The van der Waals surface area contributed by atoms with Crippen molar-refractivity contribution in [2.24, 2.45) is 0 Å². The van der Waals surface area contributed by atoms with Crippen molar-refractivity contribution in [1.82, 2.24) is 5.32 Å². The molecule has 1 rings (SSSR count). The van der Waals surface area contributed by atoms with Gasteiger partial charge in [-0.15, -0.1) is 0 Å². The number of methoxy groups -OCH3 is 1. The van der Waals surface area contributed by atoms with Gasteiger partial charge in [-0.05, 0) is 34.7 Å². The van der Waals surface area contributed by atoms with Gasteiger partial charge in [0.25, 0.3) is 0 Å². The summed E-state index contributed by atoms with van der Waals surface area (Å²) in [6, 6.07) is 7.12. The van der Waals surface area contributed by atoms with Gasteiger partial charge in [-0.25, -0.2) is 9.59 Å². The predicted molar refractivity (Wildman–Crippen MR) is 77.3 cm³/mol. The summed E-state index contributed by atoms with van der Waals surface area (Å²) in [5.41, 5.74) is 0.743. The lowest BCUT2D eigenvalue weighted by Crippen LogP contribution is -2.29. The monoisotopic (exact) mass is 360 g/mol. The average molecular weight is 360 g/mol. The number of urea groups is 1. The van der Waals surface area contributed by atoms with Crippen LogP contribution in [-0.2, 0) is 9.53 Å². The number of anilines is 1. The molecule has 1 aromatic rings. The Kier molecular flexibility index (Phi) is 6.20. The van der Waals surface area contributed by atoms with Crippen LogP contribution < -0.4 is 10.6 Å². The molecule has 96 valence electrons. The number of amides is 2. The highest BCUT2D eigenvalue weighted by atomic mass is 127. The minimum absolute atomic E-state index is 0.254. The van der Waals surface area contributed by atoms with E-state index in [2.05, 4.69) is 38.0 Å². The quantitative estimate of drug-likeness (QED) is 0.491. The predicted octanol–water partition coefficient (Wildman–Crippen LogP) is 2.14. The van der Waals surface area contributed by atoms with Crippen molar-refractivity contribution in [3.05, 3.63) is 40.0 Å². The van der Waals surface area contributed by atoms with Crippen LogP contribution in [0.3, 0.4) is 0 Å². The number of ether oxygens (including phenoxy) is 1. The number of carbonyl (C=O) groups excluding carboxylic acids is 2. The number of rotatable bonds is 4. The fourth-order valence-corrected chi connectivity index (χ4v) is 1.63. The van der Waals surface area contributed by atoms with Gasteiger partial charge in [0.2, 0.25) is 0 Å². The van der Waals surface area contributed by atoms with Crippen LogP contribution in [0.2, 0.25) is 0 Å². The molecule has 0 spiro atoms. The van der Waals surface area contributed by atoms with Gasteiger partial charge in [-0.3, -0.25) is 0 Å². The van der Waals surface area contributed by atoms with Gasteiger partial charge in [0.05, 0.1) is 12.8 Å². The van der Waals surface area contributed by atoms with E-state index in [0.29, 0.717) is 0 Å². The molecule has 18 heavy (non-hydrogen) atoms. The van der Waals surface area contributed by atoms with E-state index in [1.165, 1.54) is 19.3 Å². The SMILES string of the molecule is COC(=O)/C=C/CNC(=O)Nc1ccccc1I. The van der Waals surface area contributed by atoms with Gasteiger partial charge in [0, 0.05) is 16.2 Å². The van der Waals surface area contributed by atoms with Gasteiger partial charge in [0.15, 0.2) is 0 Å². The van der Waals surface area contributed by atoms with Gasteiger partial charge in [-0.2, -0.15) is 0 Å². The summed E-state index contributed by atoms with van der Waals surface area (Å²) in [5.74, 6) is -0.449. The van der Waals surface area contributed by atoms with Gasteiger partial charge < -0.3 is 15.4 Å². The summed E-state index contributed by atoms with van der Waals surface area (Å²) in [7, 11) is 1.30. The third-order valence-corrected chi connectivity index (χ3v) is 2.90. The second-order valence-corrected chi connectivity index (χ2v) is 4.40. The van der Waals surface area contributed by atoms with E-state index in [1.54, 1.807) is 0 Å². The molecule has 0 fully saturated rings. The number of hydrogen-bond acceptors (Lipinski definition) is 3. The van der Waals surface area contributed by atoms with Crippen molar-refractivity contribution in [3.8, 4) is 0 Å². The standard InChI is InChI=1S/C12H13IN2O3/c1-18-11(16)7-4-8-14-12(17)15-10-6-3-2-5-9(10)13/h2-7H,8H2,1H3,(H2,14,15,17)/b7-4+. The Balaban J connectivity index is 2.37. The highest BCUT2D eigenvalue weighted by Gasteiger charge is 2.02. The van der Waals surface area contributed by atoms with E-state index in [-0.39, 0.29) is 12.6 Å². The molecule has 0 atom stereocenters. The summed E-state index contributed by atoms with van der Waals surface area (Å²) >= 11 is 2.13. The largest absolute Gasteiger partial charge is 0.466 e. The fraction of sp³-hybridized carbons (Fsp3) is 0.167. The number of carbonyl (C=O) groups is 2. The third-order valence-electron chi connectivity index (χ3n) is 1.96. The topological polar surface area (TPSA) is 67.4 Å². The Hall–Kier alpha value is -1.57. The Morgan fingerprint density at radius 1 is 1.39 bits per heavy atom. The number of nitrogens with one attached hydrogen (secondary N) is 2. The molecule has 0 bridgehead atoms. The van der Waals surface area contributed by atoms with Crippen LogP contribution in [0.5, 0.6) is 0 Å². The van der Waals surface area contributed by atoms with Crippen molar-refractivity contribution < 1.29 is 14.3 Å². The zero-order chi connectivity index (χ0) is 13.4. The summed E-state index contributed by atoms with van der Waals surface area (Å²) in [6.07, 6.45) is 2.77. The van der Waals surface area contributed by atoms with Crippen molar-refractivity contribution >= 4 is 40.3 Å². The number of esters is 1. The van der Waals surface area contributed by atoms with E-state index in [0.717, 1.165) is 9.26 Å².